The molecular formula is C25H31ClN2O4. The van der Waals surface area contributed by atoms with Crippen LogP contribution in [0.15, 0.2) is 42.5 Å². The Morgan fingerprint density at radius 3 is 2.53 bits per heavy atom. The standard InChI is InChI=1S/C25H31ClN2O4/c1-27(2)20-10-7-18(8-11-20)16-28(17-21-6-5-13-32-21)24(29)12-9-19-14-22(26)25(31-4)23(15-19)30-3/h7-12,14-15,21H,5-6,13,16-17H2,1-4H3. The number of halogens is 1. The van der Waals surface area contributed by atoms with Crippen LogP contribution in [0.3, 0.4) is 0 Å². The van der Waals surface area contributed by atoms with E-state index in [1.165, 1.54) is 7.11 Å². The van der Waals surface area contributed by atoms with Crippen molar-refractivity contribution in [1.29, 1.82) is 0 Å². The minimum Gasteiger partial charge on any atom is -0.493 e. The van der Waals surface area contributed by atoms with Crippen LogP contribution in [-0.4, -0.2) is 58.4 Å². The number of hydrogen-bond acceptors (Lipinski definition) is 5. The van der Waals surface area contributed by atoms with Crippen LogP contribution in [0, 0.1) is 0 Å². The highest BCUT2D eigenvalue weighted by Crippen LogP contribution is 2.36. The third-order valence-electron chi connectivity index (χ3n) is 5.46. The monoisotopic (exact) mass is 458 g/mol. The van der Waals surface area contributed by atoms with Gasteiger partial charge in [0, 0.05) is 45.6 Å². The minimum atomic E-state index is -0.0805. The first-order valence-electron chi connectivity index (χ1n) is 10.7. The summed E-state index contributed by atoms with van der Waals surface area (Å²) in [5, 5.41) is 0.427. The summed E-state index contributed by atoms with van der Waals surface area (Å²) in [7, 11) is 7.11. The summed E-state index contributed by atoms with van der Waals surface area (Å²) in [6.45, 7) is 1.83. The first-order valence-corrected chi connectivity index (χ1v) is 11.1. The molecule has 1 amide bonds. The van der Waals surface area contributed by atoms with E-state index in [-0.39, 0.29) is 12.0 Å². The number of anilines is 1. The van der Waals surface area contributed by atoms with Crippen molar-refractivity contribution in [3.05, 3.63) is 58.6 Å². The zero-order valence-electron chi connectivity index (χ0n) is 19.1. The van der Waals surface area contributed by atoms with Gasteiger partial charge in [-0.1, -0.05) is 23.7 Å². The van der Waals surface area contributed by atoms with Gasteiger partial charge in [0.1, 0.15) is 0 Å². The third kappa shape index (κ3) is 6.17. The maximum atomic E-state index is 13.1. The molecule has 0 N–H and O–H groups in total. The number of benzene rings is 2. The van der Waals surface area contributed by atoms with Crippen LogP contribution >= 0.6 is 11.6 Å². The van der Waals surface area contributed by atoms with E-state index in [4.69, 9.17) is 25.8 Å². The lowest BCUT2D eigenvalue weighted by Crippen LogP contribution is -2.35. The quantitative estimate of drug-likeness (QED) is 0.512. The maximum Gasteiger partial charge on any atom is 0.246 e. The zero-order valence-corrected chi connectivity index (χ0v) is 19.9. The van der Waals surface area contributed by atoms with E-state index in [1.54, 1.807) is 31.4 Å². The Kier molecular flexibility index (Phi) is 8.42. The van der Waals surface area contributed by atoms with Gasteiger partial charge in [0.2, 0.25) is 5.91 Å². The van der Waals surface area contributed by atoms with E-state index in [0.29, 0.717) is 29.6 Å². The van der Waals surface area contributed by atoms with Gasteiger partial charge in [-0.05, 0) is 54.3 Å². The summed E-state index contributed by atoms with van der Waals surface area (Å²) in [5.41, 5.74) is 2.95. The first kappa shape index (κ1) is 24.0. The first-order chi connectivity index (χ1) is 15.4. The molecule has 7 heteroatoms. The SMILES string of the molecule is COc1cc(C=CC(=O)N(Cc2ccc(N(C)C)cc2)CC2CCCO2)cc(Cl)c1OC. The second-order valence-electron chi connectivity index (χ2n) is 7.99. The topological polar surface area (TPSA) is 51.2 Å². The summed E-state index contributed by atoms with van der Waals surface area (Å²) in [6.07, 6.45) is 5.39. The number of amides is 1. The van der Waals surface area contributed by atoms with Crippen molar-refractivity contribution in [2.45, 2.75) is 25.5 Å². The number of nitrogens with zero attached hydrogens (tertiary/aromatic N) is 2. The third-order valence-corrected chi connectivity index (χ3v) is 5.74. The Bertz CT molecular complexity index is 938. The molecule has 1 aliphatic heterocycles. The molecular weight excluding hydrogens is 428 g/mol. The molecule has 0 aliphatic carbocycles. The van der Waals surface area contributed by atoms with E-state index < -0.39 is 0 Å². The van der Waals surface area contributed by atoms with Crippen LogP contribution in [0.1, 0.15) is 24.0 Å². The number of rotatable bonds is 9. The van der Waals surface area contributed by atoms with E-state index in [1.807, 2.05) is 19.0 Å². The van der Waals surface area contributed by atoms with Gasteiger partial charge in [-0.15, -0.1) is 0 Å². The van der Waals surface area contributed by atoms with Crippen LogP contribution < -0.4 is 14.4 Å². The van der Waals surface area contributed by atoms with E-state index in [9.17, 15) is 4.79 Å². The Labute approximate surface area is 195 Å². The molecule has 6 nitrogen and oxygen atoms in total. The van der Waals surface area contributed by atoms with E-state index in [2.05, 4.69) is 29.2 Å². The van der Waals surface area contributed by atoms with Crippen molar-refractivity contribution < 1.29 is 19.0 Å². The molecule has 0 saturated carbocycles. The molecule has 1 saturated heterocycles. The summed E-state index contributed by atoms with van der Waals surface area (Å²) in [4.78, 5) is 17.0. The summed E-state index contributed by atoms with van der Waals surface area (Å²) in [6, 6.07) is 11.8. The number of carbonyl (C=O) groups is 1. The molecule has 2 aromatic carbocycles. The van der Waals surface area contributed by atoms with Crippen LogP contribution in [-0.2, 0) is 16.1 Å². The van der Waals surface area contributed by atoms with Gasteiger partial charge in [0.05, 0.1) is 25.3 Å². The lowest BCUT2D eigenvalue weighted by Gasteiger charge is -2.25. The second kappa shape index (κ2) is 11.2. The molecule has 1 heterocycles. The fourth-order valence-electron chi connectivity index (χ4n) is 3.69. The molecule has 172 valence electrons. The largest absolute Gasteiger partial charge is 0.493 e. The van der Waals surface area contributed by atoms with Crippen LogP contribution in [0.5, 0.6) is 11.5 Å². The van der Waals surface area contributed by atoms with E-state index >= 15 is 0 Å². The molecule has 0 aromatic heterocycles. The summed E-state index contributed by atoms with van der Waals surface area (Å²) in [5.74, 6) is 0.909. The molecule has 1 atom stereocenters. The van der Waals surface area contributed by atoms with Crippen molar-refractivity contribution in [1.82, 2.24) is 4.90 Å². The molecule has 1 aliphatic rings. The Morgan fingerprint density at radius 1 is 1.19 bits per heavy atom. The molecule has 0 bridgehead atoms. The highest BCUT2D eigenvalue weighted by atomic mass is 35.5. The second-order valence-corrected chi connectivity index (χ2v) is 8.39. The van der Waals surface area contributed by atoms with Crippen LogP contribution in [0.4, 0.5) is 5.69 Å². The number of methoxy groups -OCH3 is 2. The molecule has 1 fully saturated rings. The molecule has 0 radical (unpaired) electrons. The van der Waals surface area contributed by atoms with Crippen molar-refractivity contribution in [2.75, 3.05) is 46.4 Å². The Balaban J connectivity index is 1.77. The van der Waals surface area contributed by atoms with E-state index in [0.717, 1.165) is 36.3 Å². The van der Waals surface area contributed by atoms with Crippen molar-refractivity contribution in [3.8, 4) is 11.5 Å². The van der Waals surface area contributed by atoms with Gasteiger partial charge in [-0.25, -0.2) is 0 Å². The Morgan fingerprint density at radius 2 is 1.94 bits per heavy atom. The fraction of sp³-hybridized carbons (Fsp3) is 0.400. The van der Waals surface area contributed by atoms with Gasteiger partial charge in [0.15, 0.2) is 11.5 Å². The highest BCUT2D eigenvalue weighted by Gasteiger charge is 2.22. The molecule has 32 heavy (non-hydrogen) atoms. The van der Waals surface area contributed by atoms with Gasteiger partial charge in [0.25, 0.3) is 0 Å². The lowest BCUT2D eigenvalue weighted by atomic mass is 10.1. The normalized spacial score (nSPS) is 15.7. The van der Waals surface area contributed by atoms with Crippen LogP contribution in [0.25, 0.3) is 6.08 Å². The summed E-state index contributed by atoms with van der Waals surface area (Å²) < 4.78 is 16.4. The highest BCUT2D eigenvalue weighted by molar-refractivity contribution is 6.32. The average molecular weight is 459 g/mol. The molecule has 1 unspecified atom stereocenters. The van der Waals surface area contributed by atoms with Crippen molar-refractivity contribution in [2.24, 2.45) is 0 Å². The fourth-order valence-corrected chi connectivity index (χ4v) is 3.99. The number of ether oxygens (including phenoxy) is 3. The number of hydrogen-bond donors (Lipinski definition) is 0. The van der Waals surface area contributed by atoms with Crippen molar-refractivity contribution >= 4 is 29.3 Å². The predicted molar refractivity (Wildman–Crippen MR) is 129 cm³/mol. The molecule has 0 spiro atoms. The summed E-state index contributed by atoms with van der Waals surface area (Å²) >= 11 is 6.29. The minimum absolute atomic E-state index is 0.0731. The van der Waals surface area contributed by atoms with Gasteiger partial charge < -0.3 is 24.0 Å². The lowest BCUT2D eigenvalue weighted by molar-refractivity contribution is -0.128. The predicted octanol–water partition coefficient (Wildman–Crippen LogP) is 4.64. The van der Waals surface area contributed by atoms with Crippen molar-refractivity contribution in [3.63, 3.8) is 0 Å². The smallest absolute Gasteiger partial charge is 0.246 e. The van der Waals surface area contributed by atoms with Gasteiger partial charge >= 0.3 is 0 Å². The van der Waals surface area contributed by atoms with Gasteiger partial charge in [-0.3, -0.25) is 4.79 Å². The molecule has 2 aromatic rings. The molecule has 3 rings (SSSR count). The maximum absolute atomic E-state index is 13.1. The van der Waals surface area contributed by atoms with Crippen LogP contribution in [0.2, 0.25) is 5.02 Å². The Hall–Kier alpha value is -2.70. The number of carbonyl (C=O) groups excluding carboxylic acids is 1. The zero-order chi connectivity index (χ0) is 23.1. The van der Waals surface area contributed by atoms with Gasteiger partial charge in [-0.2, -0.15) is 0 Å². The average Bonchev–Trinajstić information content (AvgIpc) is 3.30.